The van der Waals surface area contributed by atoms with Gasteiger partial charge in [0, 0.05) is 6.04 Å². The highest BCUT2D eigenvalue weighted by molar-refractivity contribution is 4.78. The minimum Gasteiger partial charge on any atom is -0.314 e. The Bertz CT molecular complexity index is 145. The molecule has 2 rings (SSSR count). The smallest absolute Gasteiger partial charge is 0.00414 e. The van der Waals surface area contributed by atoms with E-state index >= 15 is 0 Å². The van der Waals surface area contributed by atoms with Gasteiger partial charge in [0.2, 0.25) is 0 Å². The van der Waals surface area contributed by atoms with Crippen molar-refractivity contribution in [3.63, 3.8) is 0 Å². The van der Waals surface area contributed by atoms with E-state index in [1.807, 2.05) is 0 Å². The largest absolute Gasteiger partial charge is 0.314 e. The number of nitrogens with one attached hydrogen (secondary N) is 1. The van der Waals surface area contributed by atoms with Gasteiger partial charge in [-0.1, -0.05) is 25.7 Å². The minimum atomic E-state index is 0.767. The van der Waals surface area contributed by atoms with Crippen LogP contribution in [-0.4, -0.2) is 12.6 Å². The van der Waals surface area contributed by atoms with Crippen LogP contribution in [0.1, 0.15) is 51.9 Å². The third-order valence-electron chi connectivity index (χ3n) is 3.61. The maximum absolute atomic E-state index is 3.67. The van der Waals surface area contributed by atoms with Crippen LogP contribution < -0.4 is 5.32 Å². The maximum Gasteiger partial charge on any atom is 0.00414 e. The Morgan fingerprint density at radius 1 is 1.08 bits per heavy atom. The summed E-state index contributed by atoms with van der Waals surface area (Å²) in [6.45, 7) is 3.65. The Morgan fingerprint density at radius 2 is 1.77 bits per heavy atom. The Kier molecular flexibility index (Phi) is 3.26. The summed E-state index contributed by atoms with van der Waals surface area (Å²) in [7, 11) is 0. The minimum absolute atomic E-state index is 0.767. The highest BCUT2D eigenvalue weighted by atomic mass is 14.9. The van der Waals surface area contributed by atoms with Crippen molar-refractivity contribution in [2.75, 3.05) is 6.54 Å². The van der Waals surface area contributed by atoms with E-state index < -0.39 is 0 Å². The normalized spacial score (nSPS) is 26.5. The van der Waals surface area contributed by atoms with Gasteiger partial charge in [-0.15, -0.1) is 0 Å². The molecule has 1 atom stereocenters. The van der Waals surface area contributed by atoms with Crippen LogP contribution in [0.25, 0.3) is 0 Å². The fourth-order valence-electron chi connectivity index (χ4n) is 2.52. The van der Waals surface area contributed by atoms with Crippen LogP contribution in [0.3, 0.4) is 0 Å². The number of hydrogen-bond donors (Lipinski definition) is 1. The van der Waals surface area contributed by atoms with Gasteiger partial charge in [0.05, 0.1) is 0 Å². The second-order valence-electron chi connectivity index (χ2n) is 5.14. The molecule has 0 bridgehead atoms. The first kappa shape index (κ1) is 9.51. The average molecular weight is 181 g/mol. The van der Waals surface area contributed by atoms with Crippen molar-refractivity contribution in [2.24, 2.45) is 11.8 Å². The van der Waals surface area contributed by atoms with E-state index in [9.17, 15) is 0 Å². The van der Waals surface area contributed by atoms with Crippen molar-refractivity contribution in [3.8, 4) is 0 Å². The first-order valence-corrected chi connectivity index (χ1v) is 6.08. The lowest BCUT2D eigenvalue weighted by Crippen LogP contribution is -2.29. The van der Waals surface area contributed by atoms with Crippen molar-refractivity contribution in [3.05, 3.63) is 0 Å². The third kappa shape index (κ3) is 3.30. The molecule has 2 aliphatic rings. The fraction of sp³-hybridized carbons (Fsp3) is 1.00. The lowest BCUT2D eigenvalue weighted by Gasteiger charge is -2.17. The topological polar surface area (TPSA) is 12.0 Å². The Labute approximate surface area is 82.3 Å². The van der Waals surface area contributed by atoms with Gasteiger partial charge in [-0.05, 0) is 44.6 Å². The Balaban J connectivity index is 1.56. The molecule has 0 saturated heterocycles. The lowest BCUT2D eigenvalue weighted by atomic mass is 9.99. The number of hydrogen-bond acceptors (Lipinski definition) is 1. The zero-order valence-electron chi connectivity index (χ0n) is 8.89. The number of rotatable bonds is 5. The second-order valence-corrected chi connectivity index (χ2v) is 5.14. The molecular weight excluding hydrogens is 158 g/mol. The molecular formula is C12H23N. The molecule has 1 heteroatoms. The molecule has 0 amide bonds. The van der Waals surface area contributed by atoms with Crippen LogP contribution in [0.5, 0.6) is 0 Å². The van der Waals surface area contributed by atoms with Crippen molar-refractivity contribution in [2.45, 2.75) is 57.9 Å². The molecule has 0 aromatic heterocycles. The van der Waals surface area contributed by atoms with E-state index in [1.165, 1.54) is 51.5 Å². The summed E-state index contributed by atoms with van der Waals surface area (Å²) in [6.07, 6.45) is 10.3. The summed E-state index contributed by atoms with van der Waals surface area (Å²) in [5.74, 6) is 2.08. The molecule has 1 unspecified atom stereocenters. The van der Waals surface area contributed by atoms with Crippen LogP contribution in [0.15, 0.2) is 0 Å². The summed E-state index contributed by atoms with van der Waals surface area (Å²) >= 11 is 0. The van der Waals surface area contributed by atoms with E-state index in [0.717, 1.165) is 17.9 Å². The predicted molar refractivity (Wildman–Crippen MR) is 56.8 cm³/mol. The van der Waals surface area contributed by atoms with Gasteiger partial charge in [-0.25, -0.2) is 0 Å². The van der Waals surface area contributed by atoms with Crippen molar-refractivity contribution in [1.82, 2.24) is 5.32 Å². The lowest BCUT2D eigenvalue weighted by molar-refractivity contribution is 0.401. The van der Waals surface area contributed by atoms with Crippen LogP contribution in [0, 0.1) is 11.8 Å². The molecule has 2 fully saturated rings. The van der Waals surface area contributed by atoms with E-state index in [4.69, 9.17) is 0 Å². The summed E-state index contributed by atoms with van der Waals surface area (Å²) in [5.41, 5.74) is 0. The molecule has 0 aromatic rings. The van der Waals surface area contributed by atoms with Gasteiger partial charge >= 0.3 is 0 Å². The maximum atomic E-state index is 3.67. The van der Waals surface area contributed by atoms with Gasteiger partial charge in [0.1, 0.15) is 0 Å². The van der Waals surface area contributed by atoms with Gasteiger partial charge in [-0.3, -0.25) is 0 Å². The van der Waals surface area contributed by atoms with E-state index in [0.29, 0.717) is 0 Å². The second kappa shape index (κ2) is 4.45. The van der Waals surface area contributed by atoms with Crippen molar-refractivity contribution in [1.29, 1.82) is 0 Å². The molecule has 1 N–H and O–H groups in total. The molecule has 0 radical (unpaired) electrons. The van der Waals surface area contributed by atoms with Crippen LogP contribution in [0.4, 0.5) is 0 Å². The Morgan fingerprint density at radius 3 is 2.38 bits per heavy atom. The van der Waals surface area contributed by atoms with Gasteiger partial charge < -0.3 is 5.32 Å². The molecule has 1 nitrogen and oxygen atoms in total. The summed E-state index contributed by atoms with van der Waals surface area (Å²) in [6, 6.07) is 0.767. The zero-order valence-corrected chi connectivity index (χ0v) is 8.89. The van der Waals surface area contributed by atoms with Crippen LogP contribution in [-0.2, 0) is 0 Å². The first-order chi connectivity index (χ1) is 6.34. The van der Waals surface area contributed by atoms with Crippen molar-refractivity contribution >= 4 is 0 Å². The summed E-state index contributed by atoms with van der Waals surface area (Å²) in [4.78, 5) is 0. The predicted octanol–water partition coefficient (Wildman–Crippen LogP) is 2.95. The highest BCUT2D eigenvalue weighted by Crippen LogP contribution is 2.30. The molecule has 2 saturated carbocycles. The van der Waals surface area contributed by atoms with Gasteiger partial charge in [-0.2, -0.15) is 0 Å². The molecule has 76 valence electrons. The standard InChI is InChI=1S/C12H23N/c1-10(13-9-12-6-7-12)8-11-4-2-3-5-11/h10-13H,2-9H2,1H3. The van der Waals surface area contributed by atoms with Gasteiger partial charge in [0.15, 0.2) is 0 Å². The molecule has 0 heterocycles. The SMILES string of the molecule is CC(CC1CCCC1)NCC1CC1. The highest BCUT2D eigenvalue weighted by Gasteiger charge is 2.22. The van der Waals surface area contributed by atoms with Crippen molar-refractivity contribution < 1.29 is 0 Å². The molecule has 0 aliphatic heterocycles. The molecule has 0 spiro atoms. The van der Waals surface area contributed by atoms with Crippen LogP contribution >= 0.6 is 0 Å². The quantitative estimate of drug-likeness (QED) is 0.687. The first-order valence-electron chi connectivity index (χ1n) is 6.08. The third-order valence-corrected chi connectivity index (χ3v) is 3.61. The van der Waals surface area contributed by atoms with E-state index in [2.05, 4.69) is 12.2 Å². The van der Waals surface area contributed by atoms with Gasteiger partial charge in [0.25, 0.3) is 0 Å². The zero-order chi connectivity index (χ0) is 9.10. The summed E-state index contributed by atoms with van der Waals surface area (Å²) in [5, 5.41) is 3.67. The fourth-order valence-corrected chi connectivity index (χ4v) is 2.52. The molecule has 2 aliphatic carbocycles. The van der Waals surface area contributed by atoms with Crippen LogP contribution in [0.2, 0.25) is 0 Å². The monoisotopic (exact) mass is 181 g/mol. The summed E-state index contributed by atoms with van der Waals surface area (Å²) < 4.78 is 0. The Hall–Kier alpha value is -0.0400. The van der Waals surface area contributed by atoms with E-state index in [1.54, 1.807) is 0 Å². The molecule has 0 aromatic carbocycles. The van der Waals surface area contributed by atoms with E-state index in [-0.39, 0.29) is 0 Å². The average Bonchev–Trinajstić information content (AvgIpc) is 2.82. The molecule has 13 heavy (non-hydrogen) atoms.